The van der Waals surface area contributed by atoms with Gasteiger partial charge in [-0.05, 0) is 127 Å². The van der Waals surface area contributed by atoms with Crippen LogP contribution in [0.25, 0.3) is 0 Å². The number of carbonyl (C=O) groups excluding carboxylic acids is 1. The summed E-state index contributed by atoms with van der Waals surface area (Å²) in [5.74, 6) is -0.160. The number of rotatable bonds is 17. The van der Waals surface area contributed by atoms with Crippen LogP contribution < -0.4 is 0 Å². The lowest BCUT2D eigenvalue weighted by atomic mass is 9.98. The Morgan fingerprint density at radius 1 is 0.706 bits per heavy atom. The van der Waals surface area contributed by atoms with E-state index in [-0.39, 0.29) is 11.9 Å². The number of carbonyl (C=O) groups is 1. The van der Waals surface area contributed by atoms with Crippen molar-refractivity contribution in [2.45, 2.75) is 99.8 Å². The molecule has 0 N–H and O–H groups in total. The topological polar surface area (TPSA) is 29.5 Å². The van der Waals surface area contributed by atoms with Gasteiger partial charge in [0.2, 0.25) is 0 Å². The maximum absolute atomic E-state index is 12.8. The van der Waals surface area contributed by atoms with Gasteiger partial charge in [-0.1, -0.05) is 52.2 Å². The van der Waals surface area contributed by atoms with Crippen LogP contribution in [0.15, 0.2) is 58.2 Å². The van der Waals surface area contributed by atoms with Crippen LogP contribution in [-0.2, 0) is 9.53 Å². The van der Waals surface area contributed by atoms with Gasteiger partial charge in [0.05, 0.1) is 5.92 Å². The SMILES string of the molecule is CC(C)=CCC/C(C)=C/CC/C(C)=C/CC(CCN(C)C)C(=O)OC/C=C(\C)CCC=C(C)C. The molecule has 3 nitrogen and oxygen atoms in total. The van der Waals surface area contributed by atoms with Gasteiger partial charge in [-0.25, -0.2) is 0 Å². The van der Waals surface area contributed by atoms with Crippen molar-refractivity contribution < 1.29 is 9.53 Å². The van der Waals surface area contributed by atoms with Gasteiger partial charge in [0, 0.05) is 0 Å². The summed E-state index contributed by atoms with van der Waals surface area (Å²) in [4.78, 5) is 14.9. The van der Waals surface area contributed by atoms with Gasteiger partial charge < -0.3 is 9.64 Å². The zero-order valence-electron chi connectivity index (χ0n) is 23.8. The van der Waals surface area contributed by atoms with Gasteiger partial charge in [0.25, 0.3) is 0 Å². The predicted octanol–water partition coefficient (Wildman–Crippen LogP) is 8.60. The van der Waals surface area contributed by atoms with Crippen LogP contribution in [0.3, 0.4) is 0 Å². The molecular formula is C31H53NO2. The van der Waals surface area contributed by atoms with Crippen molar-refractivity contribution in [2.24, 2.45) is 5.92 Å². The van der Waals surface area contributed by atoms with Crippen LogP contribution in [0.5, 0.6) is 0 Å². The summed E-state index contributed by atoms with van der Waals surface area (Å²) in [6, 6.07) is 0. The largest absolute Gasteiger partial charge is 0.461 e. The van der Waals surface area contributed by atoms with Gasteiger partial charge in [-0.3, -0.25) is 4.79 Å². The third kappa shape index (κ3) is 19.6. The maximum atomic E-state index is 12.8. The third-order valence-corrected chi connectivity index (χ3v) is 5.88. The Hall–Kier alpha value is -1.87. The van der Waals surface area contributed by atoms with Gasteiger partial charge in [-0.2, -0.15) is 0 Å². The molecule has 0 amide bonds. The van der Waals surface area contributed by atoms with E-state index >= 15 is 0 Å². The molecule has 0 aromatic carbocycles. The van der Waals surface area contributed by atoms with Crippen molar-refractivity contribution in [3.63, 3.8) is 0 Å². The predicted molar refractivity (Wildman–Crippen MR) is 150 cm³/mol. The molecule has 0 radical (unpaired) electrons. The first kappa shape index (κ1) is 32.1. The van der Waals surface area contributed by atoms with Crippen LogP contribution in [0.4, 0.5) is 0 Å². The van der Waals surface area contributed by atoms with Crippen LogP contribution >= 0.6 is 0 Å². The molecule has 0 aliphatic rings. The van der Waals surface area contributed by atoms with Gasteiger partial charge in [0.15, 0.2) is 0 Å². The molecule has 34 heavy (non-hydrogen) atoms. The molecule has 3 heteroatoms. The maximum Gasteiger partial charge on any atom is 0.309 e. The van der Waals surface area contributed by atoms with Crippen molar-refractivity contribution in [1.29, 1.82) is 0 Å². The summed E-state index contributed by atoms with van der Waals surface area (Å²) in [7, 11) is 4.10. The summed E-state index contributed by atoms with van der Waals surface area (Å²) in [6.07, 6.45) is 19.2. The van der Waals surface area contributed by atoms with Crippen molar-refractivity contribution in [3.8, 4) is 0 Å². The summed E-state index contributed by atoms with van der Waals surface area (Å²) in [5.41, 5.74) is 6.82. The molecular weight excluding hydrogens is 418 g/mol. The monoisotopic (exact) mass is 471 g/mol. The van der Waals surface area contributed by atoms with E-state index in [4.69, 9.17) is 4.74 Å². The number of allylic oxidation sites excluding steroid dienone is 9. The molecule has 0 spiro atoms. The van der Waals surface area contributed by atoms with E-state index in [2.05, 4.69) is 77.7 Å². The first-order valence-corrected chi connectivity index (χ1v) is 13.1. The summed E-state index contributed by atoms with van der Waals surface area (Å²) >= 11 is 0. The van der Waals surface area contributed by atoms with Crippen LogP contribution in [0.2, 0.25) is 0 Å². The Morgan fingerprint density at radius 2 is 1.18 bits per heavy atom. The van der Waals surface area contributed by atoms with E-state index in [1.165, 1.54) is 27.9 Å². The minimum atomic E-state index is -0.0851. The Morgan fingerprint density at radius 3 is 1.68 bits per heavy atom. The summed E-state index contributed by atoms with van der Waals surface area (Å²) in [6.45, 7) is 16.3. The Balaban J connectivity index is 4.71. The van der Waals surface area contributed by atoms with Gasteiger partial charge in [-0.15, -0.1) is 0 Å². The van der Waals surface area contributed by atoms with E-state index in [9.17, 15) is 4.79 Å². The van der Waals surface area contributed by atoms with E-state index in [0.29, 0.717) is 6.61 Å². The molecule has 0 aromatic heterocycles. The molecule has 0 rings (SSSR count). The van der Waals surface area contributed by atoms with Crippen LogP contribution in [0, 0.1) is 5.92 Å². The first-order chi connectivity index (χ1) is 16.0. The number of ether oxygens (including phenoxy) is 1. The van der Waals surface area contributed by atoms with Crippen molar-refractivity contribution in [1.82, 2.24) is 4.90 Å². The standard InChI is InChI=1S/C31H53NO2/c1-25(2)13-10-15-27(5)17-12-18-28(6)19-20-30(21-23-32(8)9)31(33)34-24-22-29(7)16-11-14-26(3)4/h13-14,17,19,22,30H,10-12,15-16,18,20-21,23-24H2,1-9H3/b27-17+,28-19+,29-22+. The smallest absolute Gasteiger partial charge is 0.309 e. The zero-order chi connectivity index (χ0) is 25.9. The normalized spacial score (nSPS) is 13.6. The van der Waals surface area contributed by atoms with E-state index < -0.39 is 0 Å². The highest BCUT2D eigenvalue weighted by atomic mass is 16.5. The molecule has 0 saturated carbocycles. The molecule has 1 atom stereocenters. The van der Waals surface area contributed by atoms with Gasteiger partial charge >= 0.3 is 5.97 Å². The zero-order valence-corrected chi connectivity index (χ0v) is 23.8. The highest BCUT2D eigenvalue weighted by Gasteiger charge is 2.19. The highest BCUT2D eigenvalue weighted by Crippen LogP contribution is 2.17. The Bertz CT molecular complexity index is 727. The lowest BCUT2D eigenvalue weighted by molar-refractivity contribution is -0.147. The number of hydrogen-bond donors (Lipinski definition) is 0. The molecule has 0 heterocycles. The van der Waals surface area contributed by atoms with Crippen molar-refractivity contribution in [2.75, 3.05) is 27.2 Å². The fraction of sp³-hybridized carbons (Fsp3) is 0.645. The Kier molecular flexibility index (Phi) is 18.4. The average molecular weight is 472 g/mol. The average Bonchev–Trinajstić information content (AvgIpc) is 2.72. The quantitative estimate of drug-likeness (QED) is 0.157. The summed E-state index contributed by atoms with van der Waals surface area (Å²) in [5, 5.41) is 0. The van der Waals surface area contributed by atoms with Crippen LogP contribution in [-0.4, -0.2) is 38.1 Å². The lowest BCUT2D eigenvalue weighted by Gasteiger charge is -2.17. The third-order valence-electron chi connectivity index (χ3n) is 5.88. The number of hydrogen-bond acceptors (Lipinski definition) is 3. The minimum Gasteiger partial charge on any atom is -0.461 e. The highest BCUT2D eigenvalue weighted by molar-refractivity contribution is 5.72. The molecule has 0 aliphatic heterocycles. The Labute approximate surface area is 211 Å². The molecule has 0 aliphatic carbocycles. The van der Waals surface area contributed by atoms with Crippen LogP contribution in [0.1, 0.15) is 99.8 Å². The van der Waals surface area contributed by atoms with E-state index in [0.717, 1.165) is 57.9 Å². The molecule has 0 aromatic rings. The second-order valence-corrected chi connectivity index (χ2v) is 10.5. The fourth-order valence-corrected chi connectivity index (χ4v) is 3.50. The van der Waals surface area contributed by atoms with E-state index in [1.807, 2.05) is 20.2 Å². The van der Waals surface area contributed by atoms with Gasteiger partial charge in [0.1, 0.15) is 6.61 Å². The minimum absolute atomic E-state index is 0.0748. The number of esters is 1. The molecule has 1 unspecified atom stereocenters. The van der Waals surface area contributed by atoms with E-state index in [1.54, 1.807) is 0 Å². The second kappa shape index (κ2) is 19.4. The first-order valence-electron chi connectivity index (χ1n) is 13.1. The fourth-order valence-electron chi connectivity index (χ4n) is 3.50. The van der Waals surface area contributed by atoms with Crippen molar-refractivity contribution in [3.05, 3.63) is 58.2 Å². The molecule has 0 fully saturated rings. The lowest BCUT2D eigenvalue weighted by Crippen LogP contribution is -2.23. The molecule has 0 bridgehead atoms. The number of nitrogens with zero attached hydrogens (tertiary/aromatic N) is 1. The van der Waals surface area contributed by atoms with Crippen molar-refractivity contribution >= 4 is 5.97 Å². The molecule has 0 saturated heterocycles. The summed E-state index contributed by atoms with van der Waals surface area (Å²) < 4.78 is 5.64. The molecule has 194 valence electrons. The second-order valence-electron chi connectivity index (χ2n) is 10.5.